The zero-order valence-corrected chi connectivity index (χ0v) is 14.3. The van der Waals surface area contributed by atoms with E-state index in [0.717, 1.165) is 43.8 Å². The summed E-state index contributed by atoms with van der Waals surface area (Å²) in [5, 5.41) is 7.93. The van der Waals surface area contributed by atoms with Crippen LogP contribution in [-0.2, 0) is 0 Å². The van der Waals surface area contributed by atoms with Crippen LogP contribution in [0.5, 0.6) is 0 Å². The second kappa shape index (κ2) is 8.06. The van der Waals surface area contributed by atoms with Gasteiger partial charge in [0.2, 0.25) is 9.47 Å². The fourth-order valence-electron chi connectivity index (χ4n) is 2.71. The Bertz CT molecular complexity index is 460. The molecule has 2 heterocycles. The van der Waals surface area contributed by atoms with E-state index >= 15 is 0 Å². The number of likely N-dealkylation sites (tertiary alicyclic amines) is 1. The summed E-state index contributed by atoms with van der Waals surface area (Å²) in [6.07, 6.45) is 4.62. The van der Waals surface area contributed by atoms with E-state index in [4.69, 9.17) is 11.6 Å². The molecular weight excluding hydrogens is 308 g/mol. The van der Waals surface area contributed by atoms with Gasteiger partial charge in [0.15, 0.2) is 0 Å². The maximum Gasteiger partial charge on any atom is 0.284 e. The molecule has 1 fully saturated rings. The van der Waals surface area contributed by atoms with Crippen LogP contribution < -0.4 is 0 Å². The fourth-order valence-corrected chi connectivity index (χ4v) is 3.50. The number of piperidine rings is 1. The van der Waals surface area contributed by atoms with Crippen molar-refractivity contribution >= 4 is 28.8 Å². The van der Waals surface area contributed by atoms with Gasteiger partial charge in [-0.3, -0.25) is 4.79 Å². The molecule has 0 bridgehead atoms. The minimum Gasteiger partial charge on any atom is -0.337 e. The van der Waals surface area contributed by atoms with Gasteiger partial charge in [0.05, 0.1) is 0 Å². The average Bonchev–Trinajstić information content (AvgIpc) is 2.92. The molecule has 0 saturated carbocycles. The number of carbonyl (C=O) groups is 1. The van der Waals surface area contributed by atoms with Gasteiger partial charge in [0, 0.05) is 19.6 Å². The zero-order chi connectivity index (χ0) is 15.2. The molecular formula is C14H23ClN4OS. The van der Waals surface area contributed by atoms with Gasteiger partial charge in [-0.25, -0.2) is 0 Å². The SMILES string of the molecule is CCCCN(C)CC1CCN(C(=O)c2nnc(Cl)s2)CC1. The first-order valence-corrected chi connectivity index (χ1v) is 8.76. The molecule has 1 amide bonds. The quantitative estimate of drug-likeness (QED) is 0.804. The molecule has 21 heavy (non-hydrogen) atoms. The number of hydrogen-bond donors (Lipinski definition) is 0. The highest BCUT2D eigenvalue weighted by atomic mass is 35.5. The number of unbranched alkanes of at least 4 members (excludes halogenated alkanes) is 1. The van der Waals surface area contributed by atoms with Crippen LogP contribution in [0, 0.1) is 5.92 Å². The molecule has 7 heteroatoms. The fraction of sp³-hybridized carbons (Fsp3) is 0.786. The van der Waals surface area contributed by atoms with Crippen molar-refractivity contribution in [3.63, 3.8) is 0 Å². The Morgan fingerprint density at radius 2 is 2.14 bits per heavy atom. The van der Waals surface area contributed by atoms with Crippen LogP contribution in [-0.4, -0.2) is 59.1 Å². The van der Waals surface area contributed by atoms with Crippen LogP contribution in [0.1, 0.15) is 42.4 Å². The van der Waals surface area contributed by atoms with Crippen molar-refractivity contribution in [2.75, 3.05) is 33.2 Å². The Labute approximate surface area is 135 Å². The van der Waals surface area contributed by atoms with Gasteiger partial charge in [-0.1, -0.05) is 24.7 Å². The molecule has 0 unspecified atom stereocenters. The second-order valence-electron chi connectivity index (χ2n) is 5.71. The summed E-state index contributed by atoms with van der Waals surface area (Å²) in [5.41, 5.74) is 0. The Kier molecular flexibility index (Phi) is 6.39. The topological polar surface area (TPSA) is 49.3 Å². The largest absolute Gasteiger partial charge is 0.337 e. The normalized spacial score (nSPS) is 16.7. The third kappa shape index (κ3) is 4.90. The van der Waals surface area contributed by atoms with E-state index in [2.05, 4.69) is 29.1 Å². The summed E-state index contributed by atoms with van der Waals surface area (Å²) >= 11 is 6.89. The molecule has 0 atom stereocenters. The monoisotopic (exact) mass is 330 g/mol. The van der Waals surface area contributed by atoms with Crippen LogP contribution in [0.3, 0.4) is 0 Å². The van der Waals surface area contributed by atoms with Gasteiger partial charge >= 0.3 is 0 Å². The first-order valence-electron chi connectivity index (χ1n) is 7.57. The third-order valence-corrected chi connectivity index (χ3v) is 4.96. The van der Waals surface area contributed by atoms with Crippen molar-refractivity contribution < 1.29 is 4.79 Å². The zero-order valence-electron chi connectivity index (χ0n) is 12.7. The van der Waals surface area contributed by atoms with Gasteiger partial charge in [0.1, 0.15) is 0 Å². The number of aromatic nitrogens is 2. The molecule has 0 aromatic carbocycles. The van der Waals surface area contributed by atoms with E-state index < -0.39 is 0 Å². The van der Waals surface area contributed by atoms with Gasteiger partial charge in [-0.05, 0) is 50.4 Å². The standard InChI is InChI=1S/C14H23ClN4OS/c1-3-4-7-18(2)10-11-5-8-19(9-6-11)13(20)12-16-17-14(15)21-12/h11H,3-10H2,1-2H3. The van der Waals surface area contributed by atoms with Crippen LogP contribution in [0.4, 0.5) is 0 Å². The van der Waals surface area contributed by atoms with Crippen molar-refractivity contribution in [1.29, 1.82) is 0 Å². The minimum absolute atomic E-state index is 0.0304. The molecule has 2 rings (SSSR count). The van der Waals surface area contributed by atoms with Gasteiger partial charge in [-0.15, -0.1) is 10.2 Å². The lowest BCUT2D eigenvalue weighted by Crippen LogP contribution is -2.41. The van der Waals surface area contributed by atoms with Crippen LogP contribution in [0.2, 0.25) is 4.47 Å². The Morgan fingerprint density at radius 3 is 2.71 bits per heavy atom. The number of halogens is 1. The molecule has 0 radical (unpaired) electrons. The van der Waals surface area contributed by atoms with Crippen LogP contribution >= 0.6 is 22.9 Å². The number of amides is 1. The molecule has 1 aromatic heterocycles. The molecule has 0 spiro atoms. The number of hydrogen-bond acceptors (Lipinski definition) is 5. The summed E-state index contributed by atoms with van der Waals surface area (Å²) in [6, 6.07) is 0. The van der Waals surface area contributed by atoms with Crippen molar-refractivity contribution in [3.8, 4) is 0 Å². The molecule has 1 aromatic rings. The minimum atomic E-state index is -0.0304. The summed E-state index contributed by atoms with van der Waals surface area (Å²) in [7, 11) is 2.19. The molecule has 0 aliphatic carbocycles. The van der Waals surface area contributed by atoms with Gasteiger partial charge in [-0.2, -0.15) is 0 Å². The first kappa shape index (κ1) is 16.6. The maximum absolute atomic E-state index is 12.2. The second-order valence-corrected chi connectivity index (χ2v) is 7.27. The molecule has 118 valence electrons. The Hall–Kier alpha value is -0.720. The molecule has 0 N–H and O–H groups in total. The highest BCUT2D eigenvalue weighted by Gasteiger charge is 2.26. The molecule has 1 saturated heterocycles. The average molecular weight is 331 g/mol. The van der Waals surface area contributed by atoms with Crippen molar-refractivity contribution in [1.82, 2.24) is 20.0 Å². The van der Waals surface area contributed by atoms with E-state index in [0.29, 0.717) is 15.4 Å². The van der Waals surface area contributed by atoms with Gasteiger partial charge in [0.25, 0.3) is 5.91 Å². The molecule has 1 aliphatic rings. The third-order valence-electron chi connectivity index (χ3n) is 3.95. The highest BCUT2D eigenvalue weighted by Crippen LogP contribution is 2.22. The highest BCUT2D eigenvalue weighted by molar-refractivity contribution is 7.17. The van der Waals surface area contributed by atoms with E-state index in [1.54, 1.807) is 0 Å². The maximum atomic E-state index is 12.2. The molecule has 5 nitrogen and oxygen atoms in total. The first-order chi connectivity index (χ1) is 10.1. The van der Waals surface area contributed by atoms with E-state index in [1.807, 2.05) is 4.90 Å². The van der Waals surface area contributed by atoms with Crippen LogP contribution in [0.25, 0.3) is 0 Å². The predicted molar refractivity (Wildman–Crippen MR) is 86.0 cm³/mol. The number of carbonyl (C=O) groups excluding carboxylic acids is 1. The van der Waals surface area contributed by atoms with Crippen molar-refractivity contribution in [3.05, 3.63) is 9.47 Å². The Balaban J connectivity index is 1.76. The van der Waals surface area contributed by atoms with Crippen LogP contribution in [0.15, 0.2) is 0 Å². The van der Waals surface area contributed by atoms with Crippen molar-refractivity contribution in [2.45, 2.75) is 32.6 Å². The van der Waals surface area contributed by atoms with E-state index in [-0.39, 0.29) is 5.91 Å². The smallest absolute Gasteiger partial charge is 0.284 e. The molecule has 1 aliphatic heterocycles. The summed E-state index contributed by atoms with van der Waals surface area (Å²) < 4.78 is 0.325. The van der Waals surface area contributed by atoms with Crippen molar-refractivity contribution in [2.24, 2.45) is 5.92 Å². The lowest BCUT2D eigenvalue weighted by molar-refractivity contribution is 0.0672. The Morgan fingerprint density at radius 1 is 1.43 bits per heavy atom. The summed E-state index contributed by atoms with van der Waals surface area (Å²) in [4.78, 5) is 16.5. The van der Waals surface area contributed by atoms with E-state index in [9.17, 15) is 4.79 Å². The summed E-state index contributed by atoms with van der Waals surface area (Å²) in [6.45, 7) is 6.13. The summed E-state index contributed by atoms with van der Waals surface area (Å²) in [5.74, 6) is 0.658. The number of rotatable bonds is 6. The predicted octanol–water partition coefficient (Wildman–Crippen LogP) is 2.78. The van der Waals surface area contributed by atoms with Gasteiger partial charge < -0.3 is 9.80 Å². The number of nitrogens with zero attached hydrogens (tertiary/aromatic N) is 4. The lowest BCUT2D eigenvalue weighted by atomic mass is 9.96. The lowest BCUT2D eigenvalue weighted by Gasteiger charge is -2.33. The van der Waals surface area contributed by atoms with E-state index in [1.165, 1.54) is 19.4 Å².